The lowest BCUT2D eigenvalue weighted by Gasteiger charge is -2.44. The van der Waals surface area contributed by atoms with E-state index in [2.05, 4.69) is 14.9 Å². The van der Waals surface area contributed by atoms with E-state index in [1.807, 2.05) is 16.9 Å². The SMILES string of the molecule is O=C(CN1CCOC(Cn2cccn2)C1)N1CCOC2CCCCC21. The van der Waals surface area contributed by atoms with Crippen molar-refractivity contribution >= 4 is 5.91 Å². The highest BCUT2D eigenvalue weighted by atomic mass is 16.5. The second-order valence-corrected chi connectivity index (χ2v) is 7.30. The minimum atomic E-state index is 0.0913. The molecule has 7 nitrogen and oxygen atoms in total. The van der Waals surface area contributed by atoms with E-state index in [0.29, 0.717) is 19.8 Å². The van der Waals surface area contributed by atoms with Crippen molar-refractivity contribution in [2.75, 3.05) is 39.4 Å². The fourth-order valence-electron chi connectivity index (χ4n) is 4.34. The third-order valence-electron chi connectivity index (χ3n) is 5.58. The van der Waals surface area contributed by atoms with Gasteiger partial charge in [0.25, 0.3) is 0 Å². The van der Waals surface area contributed by atoms with Crippen LogP contribution in [0.4, 0.5) is 0 Å². The lowest BCUT2D eigenvalue weighted by molar-refractivity contribution is -0.152. The molecule has 2 saturated heterocycles. The molecule has 0 spiro atoms. The van der Waals surface area contributed by atoms with Crippen molar-refractivity contribution in [3.63, 3.8) is 0 Å². The Morgan fingerprint density at radius 3 is 2.92 bits per heavy atom. The topological polar surface area (TPSA) is 59.8 Å². The summed E-state index contributed by atoms with van der Waals surface area (Å²) in [7, 11) is 0. The normalized spacial score (nSPS) is 30.9. The van der Waals surface area contributed by atoms with Gasteiger partial charge in [-0.05, 0) is 18.9 Å². The number of hydrogen-bond donors (Lipinski definition) is 0. The number of rotatable bonds is 4. The molecule has 0 radical (unpaired) electrons. The van der Waals surface area contributed by atoms with E-state index in [1.54, 1.807) is 6.20 Å². The average molecular weight is 348 g/mol. The van der Waals surface area contributed by atoms with E-state index in [1.165, 1.54) is 12.8 Å². The van der Waals surface area contributed by atoms with Gasteiger partial charge in [0, 0.05) is 32.0 Å². The second kappa shape index (κ2) is 7.85. The zero-order chi connectivity index (χ0) is 17.1. The summed E-state index contributed by atoms with van der Waals surface area (Å²) in [5.74, 6) is 0.250. The van der Waals surface area contributed by atoms with Gasteiger partial charge in [-0.1, -0.05) is 12.8 Å². The minimum absolute atomic E-state index is 0.0913. The number of morpholine rings is 2. The number of carbonyl (C=O) groups excluding carboxylic acids is 1. The Bertz CT molecular complexity index is 563. The van der Waals surface area contributed by atoms with Gasteiger partial charge >= 0.3 is 0 Å². The smallest absolute Gasteiger partial charge is 0.237 e. The first-order valence-corrected chi connectivity index (χ1v) is 9.52. The van der Waals surface area contributed by atoms with Crippen molar-refractivity contribution in [3.05, 3.63) is 18.5 Å². The molecule has 3 atom stereocenters. The molecule has 3 aliphatic rings. The van der Waals surface area contributed by atoms with Gasteiger partial charge in [-0.25, -0.2) is 0 Å². The monoisotopic (exact) mass is 348 g/mol. The summed E-state index contributed by atoms with van der Waals surface area (Å²) in [5, 5.41) is 4.24. The Hall–Kier alpha value is -1.44. The van der Waals surface area contributed by atoms with Crippen molar-refractivity contribution in [2.24, 2.45) is 0 Å². The van der Waals surface area contributed by atoms with Gasteiger partial charge in [0.15, 0.2) is 0 Å². The third-order valence-corrected chi connectivity index (χ3v) is 5.58. The first-order valence-electron chi connectivity index (χ1n) is 9.52. The van der Waals surface area contributed by atoms with E-state index in [4.69, 9.17) is 9.47 Å². The minimum Gasteiger partial charge on any atom is -0.374 e. The van der Waals surface area contributed by atoms with Crippen molar-refractivity contribution in [2.45, 2.75) is 50.5 Å². The molecule has 3 heterocycles. The van der Waals surface area contributed by atoms with Crippen LogP contribution >= 0.6 is 0 Å². The Labute approximate surface area is 148 Å². The number of aromatic nitrogens is 2. The van der Waals surface area contributed by atoms with Crippen LogP contribution in [0.2, 0.25) is 0 Å². The van der Waals surface area contributed by atoms with Gasteiger partial charge in [-0.3, -0.25) is 14.4 Å². The van der Waals surface area contributed by atoms with Crippen LogP contribution < -0.4 is 0 Å². The predicted octanol–water partition coefficient (Wildman–Crippen LogP) is 0.754. The molecule has 1 aliphatic carbocycles. The standard InChI is InChI=1S/C18H28N4O3/c23-18(22-9-11-25-17-5-2-1-4-16(17)22)14-20-8-10-24-15(12-20)13-21-7-3-6-19-21/h3,6-7,15-17H,1-2,4-5,8-14H2. The molecule has 25 heavy (non-hydrogen) atoms. The van der Waals surface area contributed by atoms with E-state index >= 15 is 0 Å². The second-order valence-electron chi connectivity index (χ2n) is 7.30. The molecule has 0 N–H and O–H groups in total. The molecule has 1 aromatic heterocycles. The van der Waals surface area contributed by atoms with Crippen LogP contribution in [-0.4, -0.2) is 83.1 Å². The van der Waals surface area contributed by atoms with E-state index in [9.17, 15) is 4.79 Å². The zero-order valence-electron chi connectivity index (χ0n) is 14.8. The molecule has 0 aromatic carbocycles. The number of hydrogen-bond acceptors (Lipinski definition) is 5. The summed E-state index contributed by atoms with van der Waals surface area (Å²) in [6.45, 7) is 4.92. The number of ether oxygens (including phenoxy) is 2. The maximum atomic E-state index is 12.9. The van der Waals surface area contributed by atoms with E-state index in [-0.39, 0.29) is 24.2 Å². The van der Waals surface area contributed by atoms with Crippen molar-refractivity contribution in [1.82, 2.24) is 19.6 Å². The molecule has 2 aliphatic heterocycles. The van der Waals surface area contributed by atoms with Gasteiger partial charge in [0.2, 0.25) is 5.91 Å². The maximum absolute atomic E-state index is 12.9. The summed E-state index contributed by atoms with van der Waals surface area (Å²) in [4.78, 5) is 17.2. The quantitative estimate of drug-likeness (QED) is 0.804. The summed E-state index contributed by atoms with van der Waals surface area (Å²) < 4.78 is 13.6. The summed E-state index contributed by atoms with van der Waals surface area (Å²) >= 11 is 0. The number of carbonyl (C=O) groups is 1. The molecule has 3 fully saturated rings. The third kappa shape index (κ3) is 4.04. The average Bonchev–Trinajstić information content (AvgIpc) is 3.14. The highest BCUT2D eigenvalue weighted by Crippen LogP contribution is 2.28. The van der Waals surface area contributed by atoms with E-state index < -0.39 is 0 Å². The molecule has 1 saturated carbocycles. The van der Waals surface area contributed by atoms with Crippen molar-refractivity contribution in [1.29, 1.82) is 0 Å². The largest absolute Gasteiger partial charge is 0.374 e. The van der Waals surface area contributed by atoms with Gasteiger partial charge < -0.3 is 14.4 Å². The van der Waals surface area contributed by atoms with Crippen LogP contribution in [-0.2, 0) is 20.8 Å². The summed E-state index contributed by atoms with van der Waals surface area (Å²) in [6.07, 6.45) is 8.68. The number of fused-ring (bicyclic) bond motifs is 1. The first kappa shape index (κ1) is 17.0. The number of nitrogens with zero attached hydrogens (tertiary/aromatic N) is 4. The van der Waals surface area contributed by atoms with Crippen molar-refractivity contribution in [3.8, 4) is 0 Å². The molecule has 7 heteroatoms. The van der Waals surface area contributed by atoms with Crippen molar-refractivity contribution < 1.29 is 14.3 Å². The Balaban J connectivity index is 1.32. The van der Waals surface area contributed by atoms with Gasteiger partial charge in [0.1, 0.15) is 0 Å². The first-order chi connectivity index (χ1) is 12.3. The van der Waals surface area contributed by atoms with Crippen LogP contribution in [0.3, 0.4) is 0 Å². The molecule has 1 amide bonds. The fourth-order valence-corrected chi connectivity index (χ4v) is 4.34. The molecule has 3 unspecified atom stereocenters. The zero-order valence-corrected chi connectivity index (χ0v) is 14.8. The van der Waals surface area contributed by atoms with Crippen LogP contribution in [0.5, 0.6) is 0 Å². The highest BCUT2D eigenvalue weighted by molar-refractivity contribution is 5.78. The highest BCUT2D eigenvalue weighted by Gasteiger charge is 2.37. The molecule has 1 aromatic rings. The summed E-state index contributed by atoms with van der Waals surface area (Å²) in [5.41, 5.74) is 0. The van der Waals surface area contributed by atoms with Crippen LogP contribution in [0.25, 0.3) is 0 Å². The molecule has 4 rings (SSSR count). The Morgan fingerprint density at radius 2 is 2.04 bits per heavy atom. The fraction of sp³-hybridized carbons (Fsp3) is 0.778. The molecule has 0 bridgehead atoms. The van der Waals surface area contributed by atoms with Gasteiger partial charge in [0.05, 0.1) is 44.6 Å². The molecular weight excluding hydrogens is 320 g/mol. The lowest BCUT2D eigenvalue weighted by Crippen LogP contribution is -2.57. The van der Waals surface area contributed by atoms with Gasteiger partial charge in [-0.2, -0.15) is 5.10 Å². The summed E-state index contributed by atoms with van der Waals surface area (Å²) in [6, 6.07) is 2.21. The predicted molar refractivity (Wildman–Crippen MR) is 92.1 cm³/mol. The van der Waals surface area contributed by atoms with Gasteiger partial charge in [-0.15, -0.1) is 0 Å². The Kier molecular flexibility index (Phi) is 5.33. The number of amides is 1. The van der Waals surface area contributed by atoms with Crippen LogP contribution in [0.15, 0.2) is 18.5 Å². The maximum Gasteiger partial charge on any atom is 0.237 e. The van der Waals surface area contributed by atoms with Crippen LogP contribution in [0, 0.1) is 0 Å². The Morgan fingerprint density at radius 1 is 1.16 bits per heavy atom. The molecular formula is C18H28N4O3. The van der Waals surface area contributed by atoms with E-state index in [0.717, 1.165) is 39.0 Å². The molecule has 138 valence electrons. The van der Waals surface area contributed by atoms with Crippen LogP contribution in [0.1, 0.15) is 25.7 Å². The lowest BCUT2D eigenvalue weighted by atomic mass is 9.90.